The quantitative estimate of drug-likeness (QED) is 0.432. The smallest absolute Gasteiger partial charge is 0.228 e. The van der Waals surface area contributed by atoms with Crippen LogP contribution in [0.1, 0.15) is 55.7 Å². The van der Waals surface area contributed by atoms with Gasteiger partial charge in [0, 0.05) is 41.2 Å². The van der Waals surface area contributed by atoms with Crippen molar-refractivity contribution in [2.45, 2.75) is 44.6 Å². The Morgan fingerprint density at radius 2 is 1.35 bits per heavy atom. The number of benzene rings is 2. The van der Waals surface area contributed by atoms with Gasteiger partial charge in [-0.15, -0.1) is 0 Å². The van der Waals surface area contributed by atoms with E-state index in [0.717, 1.165) is 79.3 Å². The van der Waals surface area contributed by atoms with E-state index in [9.17, 15) is 4.79 Å². The van der Waals surface area contributed by atoms with E-state index in [4.69, 9.17) is 34.8 Å². The second-order valence-electron chi connectivity index (χ2n) is 11.1. The van der Waals surface area contributed by atoms with Gasteiger partial charge >= 0.3 is 0 Å². The molecule has 1 aliphatic heterocycles. The molecule has 1 unspecified atom stereocenters. The summed E-state index contributed by atoms with van der Waals surface area (Å²) in [5, 5.41) is 2.02. The van der Waals surface area contributed by atoms with Crippen molar-refractivity contribution in [2.75, 3.05) is 26.2 Å². The van der Waals surface area contributed by atoms with Crippen LogP contribution in [0.2, 0.25) is 15.1 Å². The molecule has 4 aliphatic carbocycles. The summed E-state index contributed by atoms with van der Waals surface area (Å²) in [6.45, 7) is 3.19. The lowest BCUT2D eigenvalue weighted by Crippen LogP contribution is -2.58. The van der Waals surface area contributed by atoms with Crippen molar-refractivity contribution >= 4 is 40.7 Å². The molecule has 4 bridgehead atoms. The van der Waals surface area contributed by atoms with Gasteiger partial charge in [0.15, 0.2) is 0 Å². The van der Waals surface area contributed by atoms with Gasteiger partial charge in [-0.3, -0.25) is 9.69 Å². The maximum Gasteiger partial charge on any atom is 0.228 e. The number of carbonyl (C=O) groups excluding carboxylic acids is 1. The number of carbonyl (C=O) groups is 1. The fourth-order valence-electron chi connectivity index (χ4n) is 7.85. The van der Waals surface area contributed by atoms with E-state index >= 15 is 0 Å². The third-order valence-electron chi connectivity index (χ3n) is 8.90. The summed E-state index contributed by atoms with van der Waals surface area (Å²) < 4.78 is 0. The van der Waals surface area contributed by atoms with Crippen LogP contribution in [0.5, 0.6) is 0 Å². The van der Waals surface area contributed by atoms with Crippen molar-refractivity contribution in [3.05, 3.63) is 68.7 Å². The molecule has 6 heteroatoms. The number of rotatable bonds is 4. The van der Waals surface area contributed by atoms with Gasteiger partial charge < -0.3 is 4.90 Å². The van der Waals surface area contributed by atoms with Crippen molar-refractivity contribution in [1.82, 2.24) is 9.80 Å². The highest BCUT2D eigenvalue weighted by molar-refractivity contribution is 6.35. The van der Waals surface area contributed by atoms with E-state index < -0.39 is 0 Å². The van der Waals surface area contributed by atoms with E-state index in [1.54, 1.807) is 0 Å². The molecule has 5 aliphatic rings. The predicted octanol–water partition coefficient (Wildman–Crippen LogP) is 7.10. The molecule has 0 radical (unpaired) electrons. The summed E-state index contributed by atoms with van der Waals surface area (Å²) in [5.41, 5.74) is 2.12. The third-order valence-corrected chi connectivity index (χ3v) is 9.72. The van der Waals surface area contributed by atoms with Gasteiger partial charge in [0.1, 0.15) is 0 Å². The van der Waals surface area contributed by atoms with Crippen LogP contribution in [0.3, 0.4) is 0 Å². The molecule has 5 fully saturated rings. The zero-order valence-electron chi connectivity index (χ0n) is 19.4. The molecule has 4 saturated carbocycles. The van der Waals surface area contributed by atoms with Crippen LogP contribution in [0, 0.1) is 23.2 Å². The number of halogens is 3. The molecule has 0 spiro atoms. The molecule has 2 aromatic carbocycles. The Balaban J connectivity index is 1.22. The molecule has 2 aromatic rings. The van der Waals surface area contributed by atoms with E-state index in [-0.39, 0.29) is 11.5 Å². The van der Waals surface area contributed by atoms with Crippen LogP contribution in [0.4, 0.5) is 0 Å². The fraction of sp³-hybridized carbons (Fsp3) is 0.536. The summed E-state index contributed by atoms with van der Waals surface area (Å²) in [6.07, 6.45) is 7.49. The average molecular weight is 518 g/mol. The van der Waals surface area contributed by atoms with Crippen LogP contribution < -0.4 is 0 Å². The zero-order valence-corrected chi connectivity index (χ0v) is 21.6. The van der Waals surface area contributed by atoms with E-state index in [1.807, 2.05) is 30.3 Å². The van der Waals surface area contributed by atoms with Crippen LogP contribution in [0.15, 0.2) is 42.5 Å². The molecule has 1 saturated heterocycles. The second-order valence-corrected chi connectivity index (χ2v) is 12.4. The Labute approximate surface area is 217 Å². The first-order valence-electron chi connectivity index (χ1n) is 12.6. The zero-order chi connectivity index (χ0) is 23.4. The Kier molecular flexibility index (Phi) is 6.13. The van der Waals surface area contributed by atoms with Crippen molar-refractivity contribution in [2.24, 2.45) is 23.2 Å². The number of hydrogen-bond acceptors (Lipinski definition) is 2. The van der Waals surface area contributed by atoms with Crippen molar-refractivity contribution in [1.29, 1.82) is 0 Å². The molecule has 1 heterocycles. The largest absolute Gasteiger partial charge is 0.340 e. The normalized spacial score (nSPS) is 31.6. The van der Waals surface area contributed by atoms with Crippen molar-refractivity contribution in [3.8, 4) is 0 Å². The lowest BCUT2D eigenvalue weighted by Gasteiger charge is -2.57. The first-order valence-corrected chi connectivity index (χ1v) is 13.8. The van der Waals surface area contributed by atoms with Gasteiger partial charge in [0.25, 0.3) is 0 Å². The molecule has 1 amide bonds. The molecule has 180 valence electrons. The molecule has 0 aromatic heterocycles. The van der Waals surface area contributed by atoms with Crippen LogP contribution in [-0.4, -0.2) is 41.9 Å². The number of hydrogen-bond donors (Lipinski definition) is 0. The van der Waals surface area contributed by atoms with Gasteiger partial charge in [-0.1, -0.05) is 53.0 Å². The first kappa shape index (κ1) is 23.2. The lowest BCUT2D eigenvalue weighted by molar-refractivity contribution is -0.159. The van der Waals surface area contributed by atoms with E-state index in [1.165, 1.54) is 19.3 Å². The maximum atomic E-state index is 13.9. The Morgan fingerprint density at radius 3 is 1.91 bits per heavy atom. The number of nitrogens with zero attached hydrogens (tertiary/aromatic N) is 2. The summed E-state index contributed by atoms with van der Waals surface area (Å²) in [7, 11) is 0. The number of amides is 1. The Hall–Kier alpha value is -1.26. The van der Waals surface area contributed by atoms with Crippen LogP contribution in [0.25, 0.3) is 0 Å². The molecular formula is C28H31Cl3N2O. The van der Waals surface area contributed by atoms with Crippen LogP contribution in [-0.2, 0) is 4.79 Å². The summed E-state index contributed by atoms with van der Waals surface area (Å²) in [4.78, 5) is 18.5. The number of piperazine rings is 1. The summed E-state index contributed by atoms with van der Waals surface area (Å²) >= 11 is 19.1. The minimum Gasteiger partial charge on any atom is -0.340 e. The monoisotopic (exact) mass is 516 g/mol. The standard InChI is InChI=1S/C28H31Cl3N2O/c29-22-3-1-21(2-4-22)26(24-6-5-23(30)14-25(24)31)32-7-9-33(10-8-32)27(34)28-15-18-11-19(16-28)13-20(12-18)17-28/h1-6,14,18-20,26H,7-13,15-17H2. The molecule has 1 atom stereocenters. The minimum atomic E-state index is -0.0635. The van der Waals surface area contributed by atoms with Gasteiger partial charge in [-0.25, -0.2) is 0 Å². The van der Waals surface area contributed by atoms with Crippen molar-refractivity contribution < 1.29 is 4.79 Å². The fourth-order valence-corrected chi connectivity index (χ4v) is 8.48. The minimum absolute atomic E-state index is 0.00108. The highest BCUT2D eigenvalue weighted by Crippen LogP contribution is 2.60. The molecular weight excluding hydrogens is 487 g/mol. The topological polar surface area (TPSA) is 23.6 Å². The maximum absolute atomic E-state index is 13.9. The molecule has 0 N–H and O–H groups in total. The Bertz CT molecular complexity index is 1040. The highest BCUT2D eigenvalue weighted by Gasteiger charge is 2.55. The predicted molar refractivity (Wildman–Crippen MR) is 139 cm³/mol. The lowest BCUT2D eigenvalue weighted by atomic mass is 9.49. The average Bonchev–Trinajstić information content (AvgIpc) is 2.81. The summed E-state index contributed by atoms with van der Waals surface area (Å²) in [6, 6.07) is 13.7. The first-order chi connectivity index (χ1) is 16.4. The molecule has 7 rings (SSSR count). The Morgan fingerprint density at radius 1 is 0.794 bits per heavy atom. The van der Waals surface area contributed by atoms with E-state index in [0.29, 0.717) is 16.0 Å². The van der Waals surface area contributed by atoms with E-state index in [2.05, 4.69) is 21.9 Å². The van der Waals surface area contributed by atoms with Gasteiger partial charge in [0.2, 0.25) is 5.91 Å². The van der Waals surface area contributed by atoms with Gasteiger partial charge in [-0.05, 0) is 91.7 Å². The molecule has 34 heavy (non-hydrogen) atoms. The molecule has 3 nitrogen and oxygen atoms in total. The SMILES string of the molecule is O=C(N1CCN(C(c2ccc(Cl)cc2)c2ccc(Cl)cc2Cl)CC1)C12CC3CC(CC(C3)C1)C2. The van der Waals surface area contributed by atoms with Gasteiger partial charge in [0.05, 0.1) is 11.5 Å². The third kappa shape index (κ3) is 4.17. The second kappa shape index (κ2) is 9.00. The van der Waals surface area contributed by atoms with Gasteiger partial charge in [-0.2, -0.15) is 0 Å². The highest BCUT2D eigenvalue weighted by atomic mass is 35.5. The van der Waals surface area contributed by atoms with Crippen LogP contribution >= 0.6 is 34.8 Å². The van der Waals surface area contributed by atoms with Crippen molar-refractivity contribution in [3.63, 3.8) is 0 Å². The summed E-state index contributed by atoms with van der Waals surface area (Å²) in [5.74, 6) is 2.81.